The Labute approximate surface area is 96.2 Å². The van der Waals surface area contributed by atoms with Gasteiger partial charge in [-0.15, -0.1) is 0 Å². The maximum atomic E-state index is 8.68. The topological polar surface area (TPSA) is 70.6 Å². The summed E-state index contributed by atoms with van der Waals surface area (Å²) in [6.45, 7) is 4.99. The van der Waals surface area contributed by atoms with Crippen molar-refractivity contribution in [2.75, 3.05) is 0 Å². The van der Waals surface area contributed by atoms with Crippen molar-refractivity contribution in [3.05, 3.63) is 35.4 Å². The monoisotopic (exact) mass is 221 g/mol. The van der Waals surface area contributed by atoms with Gasteiger partial charge in [-0.3, -0.25) is 0 Å². The van der Waals surface area contributed by atoms with Gasteiger partial charge in [0.1, 0.15) is 0 Å². The lowest BCUT2D eigenvalue weighted by Crippen LogP contribution is -2.26. The molecule has 0 aliphatic heterocycles. The quantitative estimate of drug-likeness (QED) is 0.306. The average molecular weight is 221 g/mol. The Hall–Kier alpha value is -1.55. The standard InChI is InChI=1S/C12H19N3O/c1-3-9(2)14-8-10-6-4-5-7-11(10)12(13)15-16/h4-7,9,14,16H,3,8H2,1-2H3,(H2,13,15). The van der Waals surface area contributed by atoms with Crippen molar-refractivity contribution in [1.82, 2.24) is 5.32 Å². The number of amidine groups is 1. The van der Waals surface area contributed by atoms with Crippen LogP contribution < -0.4 is 11.1 Å². The van der Waals surface area contributed by atoms with Crippen LogP contribution in [0.3, 0.4) is 0 Å². The predicted octanol–water partition coefficient (Wildman–Crippen LogP) is 1.67. The van der Waals surface area contributed by atoms with Crippen LogP contribution in [0.4, 0.5) is 0 Å². The van der Waals surface area contributed by atoms with E-state index in [1.54, 1.807) is 0 Å². The third-order valence-electron chi connectivity index (χ3n) is 2.65. The average Bonchev–Trinajstić information content (AvgIpc) is 2.35. The molecular formula is C12H19N3O. The highest BCUT2D eigenvalue weighted by atomic mass is 16.4. The Bertz CT molecular complexity index is 363. The number of hydrogen-bond donors (Lipinski definition) is 3. The van der Waals surface area contributed by atoms with Gasteiger partial charge < -0.3 is 16.3 Å². The Morgan fingerprint density at radius 2 is 2.19 bits per heavy atom. The third kappa shape index (κ3) is 3.24. The van der Waals surface area contributed by atoms with Crippen LogP contribution in [0.15, 0.2) is 29.4 Å². The fourth-order valence-corrected chi connectivity index (χ4v) is 1.41. The van der Waals surface area contributed by atoms with E-state index in [1.165, 1.54) is 0 Å². The first-order valence-electron chi connectivity index (χ1n) is 5.48. The van der Waals surface area contributed by atoms with Crippen molar-refractivity contribution < 1.29 is 5.21 Å². The summed E-state index contributed by atoms with van der Waals surface area (Å²) in [7, 11) is 0. The molecule has 1 aromatic rings. The summed E-state index contributed by atoms with van der Waals surface area (Å²) in [5.41, 5.74) is 7.42. The zero-order valence-corrected chi connectivity index (χ0v) is 9.77. The molecule has 0 fully saturated rings. The van der Waals surface area contributed by atoms with E-state index in [0.29, 0.717) is 6.04 Å². The fourth-order valence-electron chi connectivity index (χ4n) is 1.41. The molecule has 1 atom stereocenters. The number of nitrogens with one attached hydrogen (secondary N) is 1. The number of nitrogens with two attached hydrogens (primary N) is 1. The van der Waals surface area contributed by atoms with Gasteiger partial charge in [0.25, 0.3) is 0 Å². The first-order valence-corrected chi connectivity index (χ1v) is 5.48. The molecule has 0 aliphatic carbocycles. The molecule has 0 radical (unpaired) electrons. The van der Waals surface area contributed by atoms with E-state index in [-0.39, 0.29) is 5.84 Å². The van der Waals surface area contributed by atoms with Crippen LogP contribution in [0.5, 0.6) is 0 Å². The first-order chi connectivity index (χ1) is 7.69. The van der Waals surface area contributed by atoms with Gasteiger partial charge in [0, 0.05) is 18.2 Å². The summed E-state index contributed by atoms with van der Waals surface area (Å²) in [5.74, 6) is 0.154. The summed E-state index contributed by atoms with van der Waals surface area (Å²) in [5, 5.41) is 15.1. The SMILES string of the molecule is CCC(C)NCc1ccccc1C(N)=NO. The van der Waals surface area contributed by atoms with Crippen molar-refractivity contribution in [2.45, 2.75) is 32.9 Å². The maximum absolute atomic E-state index is 8.68. The van der Waals surface area contributed by atoms with E-state index in [2.05, 4.69) is 24.3 Å². The molecule has 0 heterocycles. The summed E-state index contributed by atoms with van der Waals surface area (Å²) in [6, 6.07) is 8.10. The Kier molecular flexibility index (Phi) is 4.79. The molecule has 0 amide bonds. The van der Waals surface area contributed by atoms with Crippen LogP contribution in [0.25, 0.3) is 0 Å². The number of oxime groups is 1. The highest BCUT2D eigenvalue weighted by Gasteiger charge is 2.06. The molecule has 0 bridgehead atoms. The van der Waals surface area contributed by atoms with E-state index >= 15 is 0 Å². The largest absolute Gasteiger partial charge is 0.409 e. The third-order valence-corrected chi connectivity index (χ3v) is 2.65. The number of hydrogen-bond acceptors (Lipinski definition) is 3. The molecule has 1 rings (SSSR count). The molecule has 4 nitrogen and oxygen atoms in total. The zero-order valence-electron chi connectivity index (χ0n) is 9.77. The van der Waals surface area contributed by atoms with Crippen LogP contribution in [0, 0.1) is 0 Å². The first kappa shape index (κ1) is 12.5. The van der Waals surface area contributed by atoms with Crippen molar-refractivity contribution >= 4 is 5.84 Å². The van der Waals surface area contributed by atoms with Crippen molar-refractivity contribution in [2.24, 2.45) is 10.9 Å². The zero-order chi connectivity index (χ0) is 12.0. The Morgan fingerprint density at radius 3 is 2.81 bits per heavy atom. The van der Waals surface area contributed by atoms with Crippen LogP contribution in [-0.2, 0) is 6.54 Å². The van der Waals surface area contributed by atoms with Crippen LogP contribution in [0.2, 0.25) is 0 Å². The van der Waals surface area contributed by atoms with E-state index in [0.717, 1.165) is 24.1 Å². The second-order valence-electron chi connectivity index (χ2n) is 3.83. The molecule has 4 heteroatoms. The summed E-state index contributed by atoms with van der Waals surface area (Å²) < 4.78 is 0. The Morgan fingerprint density at radius 1 is 1.50 bits per heavy atom. The molecule has 1 unspecified atom stereocenters. The molecular weight excluding hydrogens is 202 g/mol. The lowest BCUT2D eigenvalue weighted by atomic mass is 10.1. The minimum absolute atomic E-state index is 0.154. The molecule has 0 aromatic heterocycles. The predicted molar refractivity (Wildman–Crippen MR) is 65.5 cm³/mol. The normalized spacial score (nSPS) is 13.8. The van der Waals surface area contributed by atoms with Crippen LogP contribution in [-0.4, -0.2) is 17.1 Å². The van der Waals surface area contributed by atoms with Gasteiger partial charge in [0.15, 0.2) is 5.84 Å². The van der Waals surface area contributed by atoms with Crippen molar-refractivity contribution in [1.29, 1.82) is 0 Å². The van der Waals surface area contributed by atoms with E-state index in [4.69, 9.17) is 10.9 Å². The van der Waals surface area contributed by atoms with E-state index in [9.17, 15) is 0 Å². The molecule has 0 saturated carbocycles. The van der Waals surface area contributed by atoms with Gasteiger partial charge in [0.2, 0.25) is 0 Å². The second kappa shape index (κ2) is 6.12. The van der Waals surface area contributed by atoms with E-state index in [1.807, 2.05) is 24.3 Å². The number of benzene rings is 1. The lowest BCUT2D eigenvalue weighted by molar-refractivity contribution is 0.318. The summed E-state index contributed by atoms with van der Waals surface area (Å²) in [6.07, 6.45) is 1.08. The second-order valence-corrected chi connectivity index (χ2v) is 3.83. The molecule has 16 heavy (non-hydrogen) atoms. The van der Waals surface area contributed by atoms with Crippen molar-refractivity contribution in [3.8, 4) is 0 Å². The molecule has 88 valence electrons. The van der Waals surface area contributed by atoms with Crippen LogP contribution in [0.1, 0.15) is 31.4 Å². The number of nitrogens with zero attached hydrogens (tertiary/aromatic N) is 1. The van der Waals surface area contributed by atoms with E-state index < -0.39 is 0 Å². The molecule has 0 saturated heterocycles. The molecule has 0 aliphatic rings. The highest BCUT2D eigenvalue weighted by molar-refractivity contribution is 5.98. The highest BCUT2D eigenvalue weighted by Crippen LogP contribution is 2.08. The smallest absolute Gasteiger partial charge is 0.170 e. The molecule has 1 aromatic carbocycles. The molecule has 4 N–H and O–H groups in total. The number of rotatable bonds is 5. The summed E-state index contributed by atoms with van der Waals surface area (Å²) in [4.78, 5) is 0. The van der Waals surface area contributed by atoms with Crippen LogP contribution >= 0.6 is 0 Å². The maximum Gasteiger partial charge on any atom is 0.170 e. The van der Waals surface area contributed by atoms with Gasteiger partial charge in [-0.2, -0.15) is 0 Å². The van der Waals surface area contributed by atoms with Gasteiger partial charge in [-0.1, -0.05) is 36.3 Å². The van der Waals surface area contributed by atoms with Gasteiger partial charge in [0.05, 0.1) is 0 Å². The van der Waals surface area contributed by atoms with Gasteiger partial charge in [-0.05, 0) is 18.9 Å². The van der Waals surface area contributed by atoms with Gasteiger partial charge in [-0.25, -0.2) is 0 Å². The Balaban J connectivity index is 2.79. The van der Waals surface area contributed by atoms with Crippen molar-refractivity contribution in [3.63, 3.8) is 0 Å². The van der Waals surface area contributed by atoms with Gasteiger partial charge >= 0.3 is 0 Å². The fraction of sp³-hybridized carbons (Fsp3) is 0.417. The molecule has 0 spiro atoms. The summed E-state index contributed by atoms with van der Waals surface area (Å²) >= 11 is 0. The minimum atomic E-state index is 0.154. The minimum Gasteiger partial charge on any atom is -0.409 e. The lowest BCUT2D eigenvalue weighted by Gasteiger charge is -2.13.